The largest absolute Gasteiger partial charge is 0.369 e. The summed E-state index contributed by atoms with van der Waals surface area (Å²) >= 11 is 1.89. The molecular formula is C11H19N3S. The van der Waals surface area contributed by atoms with Crippen molar-refractivity contribution < 1.29 is 0 Å². The molecule has 0 fully saturated rings. The lowest BCUT2D eigenvalue weighted by Crippen LogP contribution is -2.03. The van der Waals surface area contributed by atoms with E-state index in [9.17, 15) is 0 Å². The van der Waals surface area contributed by atoms with Crippen LogP contribution in [0.3, 0.4) is 0 Å². The van der Waals surface area contributed by atoms with Crippen LogP contribution in [0.5, 0.6) is 0 Å². The normalized spacial score (nSPS) is 10.7. The molecular weight excluding hydrogens is 206 g/mol. The van der Waals surface area contributed by atoms with E-state index in [1.54, 1.807) is 0 Å². The first-order valence-electron chi connectivity index (χ1n) is 5.38. The first kappa shape index (κ1) is 12.3. The van der Waals surface area contributed by atoms with Crippen molar-refractivity contribution in [2.24, 2.45) is 0 Å². The molecule has 1 aromatic heterocycles. The van der Waals surface area contributed by atoms with E-state index in [0.29, 0.717) is 5.25 Å². The average molecular weight is 225 g/mol. The summed E-state index contributed by atoms with van der Waals surface area (Å²) in [5.74, 6) is 1.81. The number of rotatable bonds is 6. The Labute approximate surface area is 96.1 Å². The second-order valence-corrected chi connectivity index (χ2v) is 5.24. The third-order valence-corrected chi connectivity index (χ3v) is 2.96. The molecule has 0 atom stereocenters. The summed E-state index contributed by atoms with van der Waals surface area (Å²) in [4.78, 5) is 8.66. The summed E-state index contributed by atoms with van der Waals surface area (Å²) in [5.41, 5.74) is 1.05. The van der Waals surface area contributed by atoms with Crippen LogP contribution in [0.4, 0.5) is 5.82 Å². The minimum atomic E-state index is 0.643. The van der Waals surface area contributed by atoms with Gasteiger partial charge in [-0.15, -0.1) is 0 Å². The van der Waals surface area contributed by atoms with Gasteiger partial charge in [-0.1, -0.05) is 20.8 Å². The van der Waals surface area contributed by atoms with E-state index in [2.05, 4.69) is 36.1 Å². The molecule has 0 aromatic carbocycles. The van der Waals surface area contributed by atoms with Crippen molar-refractivity contribution in [1.29, 1.82) is 0 Å². The van der Waals surface area contributed by atoms with E-state index in [1.807, 2.05) is 24.2 Å². The van der Waals surface area contributed by atoms with Gasteiger partial charge in [0.1, 0.15) is 5.82 Å². The van der Waals surface area contributed by atoms with Crippen molar-refractivity contribution in [2.75, 3.05) is 11.9 Å². The minimum Gasteiger partial charge on any atom is -0.369 e. The van der Waals surface area contributed by atoms with Crippen LogP contribution in [-0.2, 0) is 5.75 Å². The third kappa shape index (κ3) is 5.02. The molecule has 0 spiro atoms. The molecule has 0 unspecified atom stereocenters. The van der Waals surface area contributed by atoms with Gasteiger partial charge >= 0.3 is 0 Å². The highest BCUT2D eigenvalue weighted by Crippen LogP contribution is 2.15. The summed E-state index contributed by atoms with van der Waals surface area (Å²) < 4.78 is 0. The van der Waals surface area contributed by atoms with Gasteiger partial charge in [-0.25, -0.2) is 4.98 Å². The highest BCUT2D eigenvalue weighted by atomic mass is 32.2. The average Bonchev–Trinajstić information content (AvgIpc) is 2.25. The topological polar surface area (TPSA) is 37.8 Å². The van der Waals surface area contributed by atoms with Gasteiger partial charge in [0.05, 0.1) is 18.1 Å². The molecule has 1 heterocycles. The van der Waals surface area contributed by atoms with Crippen molar-refractivity contribution in [1.82, 2.24) is 9.97 Å². The van der Waals surface area contributed by atoms with Crippen LogP contribution in [0, 0.1) is 0 Å². The minimum absolute atomic E-state index is 0.643. The van der Waals surface area contributed by atoms with E-state index < -0.39 is 0 Å². The van der Waals surface area contributed by atoms with Gasteiger partial charge < -0.3 is 5.32 Å². The summed E-state index contributed by atoms with van der Waals surface area (Å²) in [6.07, 6.45) is 4.77. The third-order valence-electron chi connectivity index (χ3n) is 1.83. The fourth-order valence-electron chi connectivity index (χ4n) is 1.03. The second-order valence-electron chi connectivity index (χ2n) is 3.68. The van der Waals surface area contributed by atoms with Crippen molar-refractivity contribution in [3.05, 3.63) is 18.1 Å². The Bertz CT molecular complexity index is 272. The number of hydrogen-bond acceptors (Lipinski definition) is 4. The maximum atomic E-state index is 4.36. The zero-order valence-corrected chi connectivity index (χ0v) is 10.5. The van der Waals surface area contributed by atoms with Gasteiger partial charge in [-0.2, -0.15) is 11.8 Å². The van der Waals surface area contributed by atoms with E-state index in [4.69, 9.17) is 0 Å². The number of nitrogens with zero attached hydrogens (tertiary/aromatic N) is 2. The molecule has 1 rings (SSSR count). The Morgan fingerprint density at radius 1 is 1.33 bits per heavy atom. The maximum absolute atomic E-state index is 4.36. The first-order chi connectivity index (χ1) is 7.22. The molecule has 4 heteroatoms. The van der Waals surface area contributed by atoms with Crippen LogP contribution < -0.4 is 5.32 Å². The molecule has 84 valence electrons. The van der Waals surface area contributed by atoms with Crippen LogP contribution in [0.1, 0.15) is 32.9 Å². The quantitative estimate of drug-likeness (QED) is 0.807. The zero-order chi connectivity index (χ0) is 11.1. The molecule has 0 amide bonds. The summed E-state index contributed by atoms with van der Waals surface area (Å²) in [7, 11) is 0. The second kappa shape index (κ2) is 6.67. The Hall–Kier alpha value is -0.770. The number of anilines is 1. The first-order valence-corrected chi connectivity index (χ1v) is 6.43. The SMILES string of the molecule is CCCNc1cnc(CSC(C)C)cn1. The van der Waals surface area contributed by atoms with Crippen molar-refractivity contribution >= 4 is 17.6 Å². The molecule has 0 saturated carbocycles. The lowest BCUT2D eigenvalue weighted by atomic mass is 10.4. The van der Waals surface area contributed by atoms with Gasteiger partial charge in [-0.3, -0.25) is 4.98 Å². The van der Waals surface area contributed by atoms with Gasteiger partial charge in [0.15, 0.2) is 0 Å². The Morgan fingerprint density at radius 3 is 2.67 bits per heavy atom. The van der Waals surface area contributed by atoms with Crippen LogP contribution in [-0.4, -0.2) is 21.8 Å². The molecule has 0 saturated heterocycles. The van der Waals surface area contributed by atoms with Crippen molar-refractivity contribution in [3.8, 4) is 0 Å². The van der Waals surface area contributed by atoms with Gasteiger partial charge in [0.25, 0.3) is 0 Å². The summed E-state index contributed by atoms with van der Waals surface area (Å²) in [5, 5.41) is 3.85. The Kier molecular flexibility index (Phi) is 5.47. The fourth-order valence-corrected chi connectivity index (χ4v) is 1.68. The van der Waals surface area contributed by atoms with Crippen molar-refractivity contribution in [2.45, 2.75) is 38.2 Å². The van der Waals surface area contributed by atoms with Crippen LogP contribution in [0.2, 0.25) is 0 Å². The Morgan fingerprint density at radius 2 is 2.13 bits per heavy atom. The standard InChI is InChI=1S/C11H19N3S/c1-4-5-12-11-7-13-10(6-14-11)8-15-9(2)3/h6-7,9H,4-5,8H2,1-3H3,(H,12,14). The van der Waals surface area contributed by atoms with E-state index >= 15 is 0 Å². The van der Waals surface area contributed by atoms with Gasteiger partial charge in [0, 0.05) is 12.3 Å². The molecule has 1 aromatic rings. The molecule has 1 N–H and O–H groups in total. The molecule has 15 heavy (non-hydrogen) atoms. The van der Waals surface area contributed by atoms with Crippen LogP contribution in [0.15, 0.2) is 12.4 Å². The smallest absolute Gasteiger partial charge is 0.144 e. The predicted octanol–water partition coefficient (Wildman–Crippen LogP) is 2.94. The van der Waals surface area contributed by atoms with Crippen molar-refractivity contribution in [3.63, 3.8) is 0 Å². The number of nitrogens with one attached hydrogen (secondary N) is 1. The monoisotopic (exact) mass is 225 g/mol. The van der Waals surface area contributed by atoms with Gasteiger partial charge in [0.2, 0.25) is 0 Å². The molecule has 0 radical (unpaired) electrons. The maximum Gasteiger partial charge on any atom is 0.144 e. The van der Waals surface area contributed by atoms with Gasteiger partial charge in [-0.05, 0) is 11.7 Å². The zero-order valence-electron chi connectivity index (χ0n) is 9.66. The highest BCUT2D eigenvalue weighted by Gasteiger charge is 1.99. The number of aromatic nitrogens is 2. The predicted molar refractivity (Wildman–Crippen MR) is 67.2 cm³/mol. The molecule has 0 aliphatic carbocycles. The molecule has 0 aliphatic heterocycles. The molecule has 3 nitrogen and oxygen atoms in total. The van der Waals surface area contributed by atoms with Crippen LogP contribution >= 0.6 is 11.8 Å². The molecule has 0 bridgehead atoms. The number of thioether (sulfide) groups is 1. The summed E-state index contributed by atoms with van der Waals surface area (Å²) in [6, 6.07) is 0. The Balaban J connectivity index is 2.41. The molecule has 0 aliphatic rings. The lowest BCUT2D eigenvalue weighted by molar-refractivity contribution is 0.959. The number of hydrogen-bond donors (Lipinski definition) is 1. The fraction of sp³-hybridized carbons (Fsp3) is 0.636. The van der Waals surface area contributed by atoms with E-state index in [1.165, 1.54) is 0 Å². The highest BCUT2D eigenvalue weighted by molar-refractivity contribution is 7.99. The van der Waals surface area contributed by atoms with Crippen LogP contribution in [0.25, 0.3) is 0 Å². The lowest BCUT2D eigenvalue weighted by Gasteiger charge is -2.05. The van der Waals surface area contributed by atoms with E-state index in [-0.39, 0.29) is 0 Å². The van der Waals surface area contributed by atoms with E-state index in [0.717, 1.165) is 30.2 Å². The summed E-state index contributed by atoms with van der Waals surface area (Å²) in [6.45, 7) is 7.47.